The lowest BCUT2D eigenvalue weighted by Crippen LogP contribution is -2.49. The first-order chi connectivity index (χ1) is 11.8. The standard InChI is InChI=1S/C20H22ClN3/c1-2-3-13-23-19-16(10-7-11-17(19)21)18(15-8-5-4-6-9-15)24-14-12-22-20(23)24/h4-11,18H,2-3,12-14H2,1H3. The van der Waals surface area contributed by atoms with Crippen LogP contribution in [0.1, 0.15) is 36.9 Å². The molecule has 0 aliphatic carbocycles. The van der Waals surface area contributed by atoms with Crippen LogP contribution in [-0.2, 0) is 0 Å². The molecule has 124 valence electrons. The normalized spacial score (nSPS) is 19.1. The van der Waals surface area contributed by atoms with Gasteiger partial charge in [-0.3, -0.25) is 4.99 Å². The number of guanidine groups is 1. The molecule has 2 aromatic carbocycles. The minimum Gasteiger partial charge on any atom is -0.329 e. The summed E-state index contributed by atoms with van der Waals surface area (Å²) in [6.45, 7) is 5.00. The maximum Gasteiger partial charge on any atom is 0.202 e. The maximum atomic E-state index is 6.64. The van der Waals surface area contributed by atoms with Crippen molar-refractivity contribution in [3.05, 3.63) is 64.7 Å². The van der Waals surface area contributed by atoms with Crippen LogP contribution in [0.15, 0.2) is 53.5 Å². The van der Waals surface area contributed by atoms with Crippen molar-refractivity contribution in [3.8, 4) is 0 Å². The molecule has 0 saturated carbocycles. The number of hydrogen-bond acceptors (Lipinski definition) is 3. The second kappa shape index (κ2) is 6.48. The highest BCUT2D eigenvalue weighted by atomic mass is 35.5. The van der Waals surface area contributed by atoms with Crippen LogP contribution < -0.4 is 4.90 Å². The minimum atomic E-state index is 0.194. The SMILES string of the molecule is CCCCN1C2=NCCN2C(c2ccccc2)c2cccc(Cl)c21. The molecule has 0 amide bonds. The zero-order chi connectivity index (χ0) is 16.5. The Morgan fingerprint density at radius 3 is 2.75 bits per heavy atom. The molecular weight excluding hydrogens is 318 g/mol. The average molecular weight is 340 g/mol. The number of hydrogen-bond donors (Lipinski definition) is 0. The van der Waals surface area contributed by atoms with E-state index < -0.39 is 0 Å². The highest BCUT2D eigenvalue weighted by Crippen LogP contribution is 2.44. The number of halogens is 1. The van der Waals surface area contributed by atoms with Crippen molar-refractivity contribution < 1.29 is 0 Å². The van der Waals surface area contributed by atoms with Crippen molar-refractivity contribution in [2.24, 2.45) is 4.99 Å². The largest absolute Gasteiger partial charge is 0.329 e. The number of anilines is 1. The molecular formula is C20H22ClN3. The summed E-state index contributed by atoms with van der Waals surface area (Å²) in [7, 11) is 0. The molecule has 2 heterocycles. The first kappa shape index (κ1) is 15.5. The molecule has 4 rings (SSSR count). The van der Waals surface area contributed by atoms with E-state index in [4.69, 9.17) is 16.6 Å². The summed E-state index contributed by atoms with van der Waals surface area (Å²) >= 11 is 6.64. The van der Waals surface area contributed by atoms with E-state index in [9.17, 15) is 0 Å². The molecule has 0 bridgehead atoms. The van der Waals surface area contributed by atoms with E-state index >= 15 is 0 Å². The van der Waals surface area contributed by atoms with E-state index in [1.54, 1.807) is 0 Å². The Balaban J connectivity index is 1.88. The summed E-state index contributed by atoms with van der Waals surface area (Å²) in [5, 5.41) is 0.818. The summed E-state index contributed by atoms with van der Waals surface area (Å²) in [4.78, 5) is 9.58. The van der Waals surface area contributed by atoms with Crippen molar-refractivity contribution in [1.29, 1.82) is 0 Å². The van der Waals surface area contributed by atoms with Crippen molar-refractivity contribution in [2.45, 2.75) is 25.8 Å². The second-order valence-electron chi connectivity index (χ2n) is 6.37. The van der Waals surface area contributed by atoms with E-state index in [2.05, 4.69) is 59.2 Å². The lowest BCUT2D eigenvalue weighted by atomic mass is 9.93. The van der Waals surface area contributed by atoms with Crippen molar-refractivity contribution in [1.82, 2.24) is 4.90 Å². The molecule has 0 aromatic heterocycles. The average Bonchev–Trinajstić information content (AvgIpc) is 3.09. The quantitative estimate of drug-likeness (QED) is 0.802. The van der Waals surface area contributed by atoms with Crippen LogP contribution >= 0.6 is 11.6 Å². The molecule has 0 radical (unpaired) electrons. The molecule has 0 spiro atoms. The Kier molecular flexibility index (Phi) is 4.19. The fraction of sp³-hybridized carbons (Fsp3) is 0.350. The van der Waals surface area contributed by atoms with Gasteiger partial charge in [-0.2, -0.15) is 0 Å². The van der Waals surface area contributed by atoms with Crippen LogP contribution in [-0.4, -0.2) is 30.5 Å². The van der Waals surface area contributed by atoms with Gasteiger partial charge in [0.05, 0.1) is 23.3 Å². The molecule has 0 fully saturated rings. The smallest absolute Gasteiger partial charge is 0.202 e. The Labute approximate surface area is 148 Å². The first-order valence-electron chi connectivity index (χ1n) is 8.73. The molecule has 1 atom stereocenters. The van der Waals surface area contributed by atoms with Gasteiger partial charge in [0.1, 0.15) is 0 Å². The van der Waals surface area contributed by atoms with Gasteiger partial charge in [-0.05, 0) is 18.1 Å². The van der Waals surface area contributed by atoms with Crippen LogP contribution in [0.3, 0.4) is 0 Å². The summed E-state index contributed by atoms with van der Waals surface area (Å²) in [5.74, 6) is 1.08. The predicted octanol–water partition coefficient (Wildman–Crippen LogP) is 4.72. The Hall–Kier alpha value is -2.00. The van der Waals surface area contributed by atoms with Gasteiger partial charge in [-0.25, -0.2) is 0 Å². The van der Waals surface area contributed by atoms with Gasteiger partial charge in [-0.1, -0.05) is 67.4 Å². The number of para-hydroxylation sites is 1. The Morgan fingerprint density at radius 2 is 1.96 bits per heavy atom. The van der Waals surface area contributed by atoms with Gasteiger partial charge >= 0.3 is 0 Å². The highest BCUT2D eigenvalue weighted by Gasteiger charge is 2.39. The summed E-state index contributed by atoms with van der Waals surface area (Å²) in [6.07, 6.45) is 2.29. The molecule has 2 aromatic rings. The van der Waals surface area contributed by atoms with Crippen LogP contribution in [0, 0.1) is 0 Å². The fourth-order valence-corrected chi connectivity index (χ4v) is 4.05. The molecule has 2 aliphatic rings. The fourth-order valence-electron chi connectivity index (χ4n) is 3.76. The molecule has 1 unspecified atom stereocenters. The highest BCUT2D eigenvalue weighted by molar-refractivity contribution is 6.34. The van der Waals surface area contributed by atoms with Gasteiger partial charge in [0, 0.05) is 18.7 Å². The number of rotatable bonds is 4. The second-order valence-corrected chi connectivity index (χ2v) is 6.78. The van der Waals surface area contributed by atoms with Gasteiger partial charge in [0.2, 0.25) is 5.96 Å². The van der Waals surface area contributed by atoms with Crippen molar-refractivity contribution in [3.63, 3.8) is 0 Å². The van der Waals surface area contributed by atoms with E-state index in [0.29, 0.717) is 0 Å². The monoisotopic (exact) mass is 339 g/mol. The van der Waals surface area contributed by atoms with Crippen LogP contribution in [0.5, 0.6) is 0 Å². The molecule has 0 saturated heterocycles. The summed E-state index contributed by atoms with van der Waals surface area (Å²) < 4.78 is 0. The van der Waals surface area contributed by atoms with E-state index in [1.807, 2.05) is 6.07 Å². The zero-order valence-corrected chi connectivity index (χ0v) is 14.7. The van der Waals surface area contributed by atoms with Crippen LogP contribution in [0.25, 0.3) is 0 Å². The molecule has 2 aliphatic heterocycles. The first-order valence-corrected chi connectivity index (χ1v) is 9.11. The predicted molar refractivity (Wildman–Crippen MR) is 101 cm³/mol. The van der Waals surface area contributed by atoms with E-state index in [0.717, 1.165) is 49.1 Å². The lowest BCUT2D eigenvalue weighted by Gasteiger charge is -2.43. The summed E-state index contributed by atoms with van der Waals surface area (Å²) in [5.41, 5.74) is 3.72. The number of aliphatic imine (C=N–C) groups is 1. The van der Waals surface area contributed by atoms with Crippen LogP contribution in [0.2, 0.25) is 5.02 Å². The van der Waals surface area contributed by atoms with Gasteiger partial charge < -0.3 is 9.80 Å². The molecule has 3 nitrogen and oxygen atoms in total. The number of unbranched alkanes of at least 4 members (excludes halogenated alkanes) is 1. The van der Waals surface area contributed by atoms with Gasteiger partial charge in [0.15, 0.2) is 0 Å². The molecule has 0 N–H and O–H groups in total. The number of nitrogens with zero attached hydrogens (tertiary/aromatic N) is 3. The molecule has 24 heavy (non-hydrogen) atoms. The summed E-state index contributed by atoms with van der Waals surface area (Å²) in [6, 6.07) is 17.1. The van der Waals surface area contributed by atoms with E-state index in [-0.39, 0.29) is 6.04 Å². The third kappa shape index (κ3) is 2.48. The van der Waals surface area contributed by atoms with Crippen molar-refractivity contribution >= 4 is 23.2 Å². The minimum absolute atomic E-state index is 0.194. The maximum absolute atomic E-state index is 6.64. The van der Waals surface area contributed by atoms with Gasteiger partial charge in [0.25, 0.3) is 0 Å². The van der Waals surface area contributed by atoms with Crippen molar-refractivity contribution in [2.75, 3.05) is 24.5 Å². The van der Waals surface area contributed by atoms with Crippen LogP contribution in [0.4, 0.5) is 5.69 Å². The third-order valence-electron chi connectivity index (χ3n) is 4.84. The van der Waals surface area contributed by atoms with Gasteiger partial charge in [-0.15, -0.1) is 0 Å². The third-order valence-corrected chi connectivity index (χ3v) is 5.14. The zero-order valence-electron chi connectivity index (χ0n) is 14.0. The Morgan fingerprint density at radius 1 is 1.12 bits per heavy atom. The Bertz CT molecular complexity index is 757. The lowest BCUT2D eigenvalue weighted by molar-refractivity contribution is 0.373. The van der Waals surface area contributed by atoms with E-state index in [1.165, 1.54) is 11.1 Å². The number of fused-ring (bicyclic) bond motifs is 2. The topological polar surface area (TPSA) is 18.8 Å². The molecule has 4 heteroatoms. The number of benzene rings is 2.